The molecule has 0 radical (unpaired) electrons. The maximum Gasteiger partial charge on any atom is 0.233 e. The molecule has 0 bridgehead atoms. The molecule has 144 valence electrons. The second-order valence-electron chi connectivity index (χ2n) is 6.11. The number of aromatic hydroxyl groups is 1. The van der Waals surface area contributed by atoms with E-state index in [0.717, 1.165) is 22.6 Å². The second kappa shape index (κ2) is 8.43. The number of nitrogens with zero attached hydrogens (tertiary/aromatic N) is 1. The van der Waals surface area contributed by atoms with Gasteiger partial charge in [0.05, 0.1) is 27.1 Å². The summed E-state index contributed by atoms with van der Waals surface area (Å²) in [6, 6.07) is 10.9. The van der Waals surface area contributed by atoms with Crippen LogP contribution in [0.15, 0.2) is 36.4 Å². The van der Waals surface area contributed by atoms with Crippen molar-refractivity contribution in [2.24, 2.45) is 0 Å². The number of hydrogen-bond acceptors (Lipinski definition) is 6. The summed E-state index contributed by atoms with van der Waals surface area (Å²) in [5, 5.41) is 9.61. The Kier molecular flexibility index (Phi) is 6.01. The lowest BCUT2D eigenvalue weighted by Crippen LogP contribution is -2.30. The van der Waals surface area contributed by atoms with E-state index < -0.39 is 0 Å². The minimum atomic E-state index is -0.124. The number of phenolic OH excluding ortho intramolecular Hbond substituents is 1. The summed E-state index contributed by atoms with van der Waals surface area (Å²) < 4.78 is 16.0. The number of carbonyl (C=O) groups excluding carboxylic acids is 1. The minimum absolute atomic E-state index is 0.0978. The normalized spacial score (nSPS) is 16.5. The molecule has 1 fully saturated rings. The summed E-state index contributed by atoms with van der Waals surface area (Å²) in [6.45, 7) is 0.560. The zero-order chi connectivity index (χ0) is 19.4. The fourth-order valence-electron chi connectivity index (χ4n) is 3.11. The van der Waals surface area contributed by atoms with Crippen LogP contribution in [0, 0.1) is 0 Å². The third kappa shape index (κ3) is 4.08. The molecular weight excluding hydrogens is 366 g/mol. The first-order valence-electron chi connectivity index (χ1n) is 8.56. The smallest absolute Gasteiger partial charge is 0.233 e. The minimum Gasteiger partial charge on any atom is -0.504 e. The Balaban J connectivity index is 1.81. The topological polar surface area (TPSA) is 68.2 Å². The number of benzene rings is 2. The van der Waals surface area contributed by atoms with E-state index >= 15 is 0 Å². The van der Waals surface area contributed by atoms with Crippen molar-refractivity contribution >= 4 is 17.7 Å². The largest absolute Gasteiger partial charge is 0.504 e. The molecule has 1 N–H and O–H groups in total. The van der Waals surface area contributed by atoms with E-state index in [2.05, 4.69) is 0 Å². The van der Waals surface area contributed by atoms with Crippen molar-refractivity contribution in [1.29, 1.82) is 0 Å². The van der Waals surface area contributed by atoms with Crippen molar-refractivity contribution in [2.45, 2.75) is 11.8 Å². The highest BCUT2D eigenvalue weighted by molar-refractivity contribution is 8.00. The highest BCUT2D eigenvalue weighted by Crippen LogP contribution is 2.43. The SMILES string of the molecule is COc1ccc(OC)c(C2SCC(=O)N2CCc2ccc(O)c(OC)c2)c1. The van der Waals surface area contributed by atoms with E-state index in [9.17, 15) is 9.90 Å². The van der Waals surface area contributed by atoms with Crippen LogP contribution in [0.3, 0.4) is 0 Å². The highest BCUT2D eigenvalue weighted by Gasteiger charge is 2.34. The molecule has 1 heterocycles. The maximum atomic E-state index is 12.5. The van der Waals surface area contributed by atoms with E-state index in [0.29, 0.717) is 24.5 Å². The lowest BCUT2D eigenvalue weighted by molar-refractivity contribution is -0.128. The van der Waals surface area contributed by atoms with Gasteiger partial charge in [0.1, 0.15) is 16.9 Å². The molecule has 1 atom stereocenters. The molecule has 7 heteroatoms. The van der Waals surface area contributed by atoms with Crippen LogP contribution in [0.25, 0.3) is 0 Å². The molecule has 6 nitrogen and oxygen atoms in total. The van der Waals surface area contributed by atoms with Gasteiger partial charge < -0.3 is 24.2 Å². The van der Waals surface area contributed by atoms with Crippen molar-refractivity contribution in [1.82, 2.24) is 4.90 Å². The number of phenols is 1. The van der Waals surface area contributed by atoms with Gasteiger partial charge in [0, 0.05) is 12.1 Å². The van der Waals surface area contributed by atoms with Gasteiger partial charge in [0.15, 0.2) is 11.5 Å². The van der Waals surface area contributed by atoms with Gasteiger partial charge in [-0.25, -0.2) is 0 Å². The summed E-state index contributed by atoms with van der Waals surface area (Å²) >= 11 is 1.58. The molecule has 1 aliphatic heterocycles. The van der Waals surface area contributed by atoms with E-state index in [4.69, 9.17) is 14.2 Å². The van der Waals surface area contributed by atoms with Crippen LogP contribution < -0.4 is 14.2 Å². The van der Waals surface area contributed by atoms with Crippen molar-refractivity contribution in [3.8, 4) is 23.0 Å². The first-order chi connectivity index (χ1) is 13.1. The van der Waals surface area contributed by atoms with Crippen molar-refractivity contribution in [2.75, 3.05) is 33.6 Å². The summed E-state index contributed by atoms with van der Waals surface area (Å²) in [4.78, 5) is 14.3. The lowest BCUT2D eigenvalue weighted by Gasteiger charge is -2.26. The van der Waals surface area contributed by atoms with Gasteiger partial charge in [-0.3, -0.25) is 4.79 Å². The molecule has 0 aliphatic carbocycles. The van der Waals surface area contributed by atoms with Crippen molar-refractivity contribution in [3.05, 3.63) is 47.5 Å². The first kappa shape index (κ1) is 19.2. The molecule has 27 heavy (non-hydrogen) atoms. The third-order valence-corrected chi connectivity index (χ3v) is 5.79. The molecule has 2 aromatic carbocycles. The Morgan fingerprint density at radius 2 is 1.85 bits per heavy atom. The maximum absolute atomic E-state index is 12.5. The Bertz CT molecular complexity index is 826. The Morgan fingerprint density at radius 3 is 2.56 bits per heavy atom. The van der Waals surface area contributed by atoms with Crippen LogP contribution in [0.2, 0.25) is 0 Å². The molecule has 0 aromatic heterocycles. The van der Waals surface area contributed by atoms with Gasteiger partial charge in [0.2, 0.25) is 5.91 Å². The summed E-state index contributed by atoms with van der Waals surface area (Å²) in [5.41, 5.74) is 1.92. The molecular formula is C20H23NO5S. The van der Waals surface area contributed by atoms with Crippen LogP contribution >= 0.6 is 11.8 Å². The predicted octanol–water partition coefficient (Wildman–Crippen LogP) is 3.23. The molecule has 1 amide bonds. The molecule has 1 unspecified atom stereocenters. The molecule has 0 spiro atoms. The number of hydrogen-bond donors (Lipinski definition) is 1. The monoisotopic (exact) mass is 389 g/mol. The van der Waals surface area contributed by atoms with E-state index in [1.54, 1.807) is 38.1 Å². The summed E-state index contributed by atoms with van der Waals surface area (Å²) in [7, 11) is 4.76. The molecule has 0 saturated carbocycles. The van der Waals surface area contributed by atoms with Gasteiger partial charge >= 0.3 is 0 Å². The average Bonchev–Trinajstić information content (AvgIpc) is 3.07. The number of rotatable bonds is 7. The fourth-order valence-corrected chi connectivity index (χ4v) is 4.35. The standard InChI is InChI=1S/C20H23NO5S/c1-24-14-5-7-17(25-2)15(11-14)20-21(19(23)12-27-20)9-8-13-4-6-16(22)18(10-13)26-3/h4-7,10-11,20,22H,8-9,12H2,1-3H3. The highest BCUT2D eigenvalue weighted by atomic mass is 32.2. The van der Waals surface area contributed by atoms with Gasteiger partial charge in [-0.2, -0.15) is 0 Å². The Labute approximate surface area is 163 Å². The van der Waals surface area contributed by atoms with Crippen molar-refractivity contribution in [3.63, 3.8) is 0 Å². The first-order valence-corrected chi connectivity index (χ1v) is 9.61. The number of amides is 1. The zero-order valence-corrected chi connectivity index (χ0v) is 16.4. The number of ether oxygens (including phenoxy) is 3. The third-order valence-electron chi connectivity index (χ3n) is 4.56. The quantitative estimate of drug-likeness (QED) is 0.784. The van der Waals surface area contributed by atoms with Crippen molar-refractivity contribution < 1.29 is 24.1 Å². The second-order valence-corrected chi connectivity index (χ2v) is 7.18. The van der Waals surface area contributed by atoms with Crippen LogP contribution in [-0.4, -0.2) is 49.5 Å². The van der Waals surface area contributed by atoms with Gasteiger partial charge in [0.25, 0.3) is 0 Å². The zero-order valence-electron chi connectivity index (χ0n) is 15.6. The van der Waals surface area contributed by atoms with E-state index in [1.165, 1.54) is 7.11 Å². The van der Waals surface area contributed by atoms with Gasteiger partial charge in [-0.1, -0.05) is 6.07 Å². The Morgan fingerprint density at radius 1 is 1.07 bits per heavy atom. The van der Waals surface area contributed by atoms with Crippen LogP contribution in [0.5, 0.6) is 23.0 Å². The van der Waals surface area contributed by atoms with Crippen LogP contribution in [0.4, 0.5) is 0 Å². The molecule has 3 rings (SSSR count). The lowest BCUT2D eigenvalue weighted by atomic mass is 10.1. The Hall–Kier alpha value is -2.54. The summed E-state index contributed by atoms with van der Waals surface area (Å²) in [6.07, 6.45) is 0.658. The van der Waals surface area contributed by atoms with Gasteiger partial charge in [-0.05, 0) is 42.3 Å². The number of carbonyl (C=O) groups is 1. The number of methoxy groups -OCH3 is 3. The summed E-state index contributed by atoms with van der Waals surface area (Å²) in [5.74, 6) is 2.53. The van der Waals surface area contributed by atoms with Gasteiger partial charge in [-0.15, -0.1) is 11.8 Å². The molecule has 1 aliphatic rings. The predicted molar refractivity (Wildman–Crippen MR) is 105 cm³/mol. The van der Waals surface area contributed by atoms with E-state index in [1.807, 2.05) is 29.2 Å². The molecule has 2 aromatic rings. The van der Waals surface area contributed by atoms with Crippen LogP contribution in [0.1, 0.15) is 16.5 Å². The average molecular weight is 389 g/mol. The fraction of sp³-hybridized carbons (Fsp3) is 0.350. The molecule has 1 saturated heterocycles. The van der Waals surface area contributed by atoms with E-state index in [-0.39, 0.29) is 17.0 Å². The van der Waals surface area contributed by atoms with Crippen LogP contribution in [-0.2, 0) is 11.2 Å². The number of thioether (sulfide) groups is 1.